The van der Waals surface area contributed by atoms with Crippen LogP contribution in [-0.2, 0) is 4.74 Å². The lowest BCUT2D eigenvalue weighted by Gasteiger charge is -2.33. The molecule has 0 aromatic rings. The first kappa shape index (κ1) is 20.5. The number of carbonyl (C=O) groups is 1. The van der Waals surface area contributed by atoms with E-state index in [0.717, 1.165) is 37.7 Å². The molecule has 2 rings (SSSR count). The van der Waals surface area contributed by atoms with Crippen molar-refractivity contribution in [1.29, 1.82) is 0 Å². The van der Waals surface area contributed by atoms with Crippen molar-refractivity contribution in [1.82, 2.24) is 25.3 Å². The average molecular weight is 372 g/mol. The minimum absolute atomic E-state index is 0.0858. The van der Waals surface area contributed by atoms with E-state index in [1.165, 1.54) is 0 Å². The van der Waals surface area contributed by atoms with Crippen molar-refractivity contribution in [2.75, 3.05) is 60.0 Å². The summed E-state index contributed by atoms with van der Waals surface area (Å²) in [6.07, 6.45) is 0. The topological polar surface area (TPSA) is 72.4 Å². The van der Waals surface area contributed by atoms with Crippen LogP contribution < -0.4 is 10.6 Å². The van der Waals surface area contributed by atoms with E-state index in [0.29, 0.717) is 25.7 Å². The van der Waals surface area contributed by atoms with Crippen LogP contribution in [0.4, 0.5) is 4.79 Å². The maximum atomic E-state index is 12.9. The van der Waals surface area contributed by atoms with Gasteiger partial charge in [-0.3, -0.25) is 10.2 Å². The van der Waals surface area contributed by atoms with E-state index in [4.69, 9.17) is 4.74 Å². The first-order valence-corrected chi connectivity index (χ1v) is 8.98. The van der Waals surface area contributed by atoms with Crippen LogP contribution in [0.3, 0.4) is 0 Å². The summed E-state index contributed by atoms with van der Waals surface area (Å²) in [6.45, 7) is 8.12. The van der Waals surface area contributed by atoms with E-state index in [1.807, 2.05) is 0 Å². The molecular weight excluding hydrogens is 344 g/mol. The molecule has 0 spiro atoms. The van der Waals surface area contributed by atoms with Gasteiger partial charge in [0.15, 0.2) is 0 Å². The fraction of sp³-hybridized carbons (Fsp3) is 0.579. The summed E-state index contributed by atoms with van der Waals surface area (Å²) < 4.78 is 5.31. The third-order valence-corrected chi connectivity index (χ3v) is 4.36. The number of methoxy groups -OCH3 is 1. The van der Waals surface area contributed by atoms with E-state index >= 15 is 0 Å². The maximum absolute atomic E-state index is 12.9. The third-order valence-electron chi connectivity index (χ3n) is 4.36. The predicted molar refractivity (Wildman–Crippen MR) is 106 cm³/mol. The molecule has 0 atom stereocenters. The van der Waals surface area contributed by atoms with Crippen molar-refractivity contribution >= 4 is 12.1 Å². The van der Waals surface area contributed by atoms with E-state index in [1.54, 1.807) is 37.8 Å². The smallest absolute Gasteiger partial charge is 0.326 e. The first-order valence-electron chi connectivity index (χ1n) is 8.98. The predicted octanol–water partition coefficient (Wildman–Crippen LogP) is 0.0667. The van der Waals surface area contributed by atoms with Crippen LogP contribution in [0.15, 0.2) is 16.5 Å². The lowest BCUT2D eigenvalue weighted by atomic mass is 10.3. The molecule has 2 heterocycles. The third kappa shape index (κ3) is 5.08. The van der Waals surface area contributed by atoms with Gasteiger partial charge in [-0.05, 0) is 13.8 Å². The van der Waals surface area contributed by atoms with Gasteiger partial charge in [-0.2, -0.15) is 0 Å². The van der Waals surface area contributed by atoms with Gasteiger partial charge in [-0.25, -0.2) is 9.79 Å². The van der Waals surface area contributed by atoms with Crippen LogP contribution in [-0.4, -0.2) is 86.7 Å². The number of nitrogens with zero attached hydrogens (tertiary/aromatic N) is 4. The fourth-order valence-corrected chi connectivity index (χ4v) is 2.96. The van der Waals surface area contributed by atoms with Gasteiger partial charge in [0, 0.05) is 33.2 Å². The van der Waals surface area contributed by atoms with E-state index in [9.17, 15) is 4.79 Å². The molecular formula is C19H28N6O2. The van der Waals surface area contributed by atoms with E-state index in [2.05, 4.69) is 44.2 Å². The van der Waals surface area contributed by atoms with Crippen LogP contribution in [0.2, 0.25) is 0 Å². The molecule has 8 heteroatoms. The zero-order chi connectivity index (χ0) is 19.6. The zero-order valence-electron chi connectivity index (χ0n) is 16.6. The molecule has 2 N–H and O–H groups in total. The second-order valence-corrected chi connectivity index (χ2v) is 5.97. The fourth-order valence-electron chi connectivity index (χ4n) is 2.96. The molecule has 0 saturated carbocycles. The number of hydrogen-bond acceptors (Lipinski definition) is 5. The van der Waals surface area contributed by atoms with Crippen molar-refractivity contribution in [2.45, 2.75) is 13.8 Å². The summed E-state index contributed by atoms with van der Waals surface area (Å²) in [7, 11) is 3.23. The monoisotopic (exact) mass is 372 g/mol. The molecule has 2 aliphatic heterocycles. The largest absolute Gasteiger partial charge is 0.468 e. The average Bonchev–Trinajstić information content (AvgIpc) is 3.01. The van der Waals surface area contributed by atoms with Gasteiger partial charge in [0.05, 0.1) is 32.4 Å². The lowest BCUT2D eigenvalue weighted by Crippen LogP contribution is -2.48. The molecule has 27 heavy (non-hydrogen) atoms. The zero-order valence-corrected chi connectivity index (χ0v) is 16.6. The van der Waals surface area contributed by atoms with Gasteiger partial charge < -0.3 is 19.9 Å². The van der Waals surface area contributed by atoms with Crippen molar-refractivity contribution in [3.63, 3.8) is 0 Å². The summed E-state index contributed by atoms with van der Waals surface area (Å²) in [5, 5.41) is 6.62. The van der Waals surface area contributed by atoms with E-state index in [-0.39, 0.29) is 6.03 Å². The molecule has 2 fully saturated rings. The molecule has 0 unspecified atom stereocenters. The number of rotatable bonds is 4. The Kier molecular flexibility index (Phi) is 7.84. The Bertz CT molecular complexity index is 716. The standard InChI is InChI=1S/C19H28N6O2/c1-5-7-11-24-15-16(25(19(24)26)12-8-6-2)17(22-18(20-3)27-4)23-13-9-21-10-14-23/h21H,9-15H2,1-4H3,(H,20,22)/b17-16-. The second-order valence-electron chi connectivity index (χ2n) is 5.97. The normalized spacial score (nSPS) is 19.2. The van der Waals surface area contributed by atoms with Crippen LogP contribution in [0.1, 0.15) is 13.8 Å². The Balaban J connectivity index is 2.45. The minimum atomic E-state index is -0.0858. The summed E-state index contributed by atoms with van der Waals surface area (Å²) in [5.41, 5.74) is 0.862. The number of urea groups is 1. The Hall–Kier alpha value is -2.84. The van der Waals surface area contributed by atoms with Gasteiger partial charge in [-0.1, -0.05) is 11.8 Å². The number of ether oxygens (including phenoxy) is 1. The van der Waals surface area contributed by atoms with E-state index < -0.39 is 0 Å². The van der Waals surface area contributed by atoms with Gasteiger partial charge >= 0.3 is 6.03 Å². The van der Waals surface area contributed by atoms with Crippen LogP contribution in [0.5, 0.6) is 0 Å². The molecule has 0 aromatic carbocycles. The Morgan fingerprint density at radius 2 is 1.89 bits per heavy atom. The molecule has 0 aromatic heterocycles. The molecule has 0 bridgehead atoms. The highest BCUT2D eigenvalue weighted by atomic mass is 16.5. The number of aliphatic imine (C=N–C) groups is 1. The Morgan fingerprint density at radius 3 is 2.48 bits per heavy atom. The van der Waals surface area contributed by atoms with Crippen LogP contribution in [0, 0.1) is 23.7 Å². The lowest BCUT2D eigenvalue weighted by molar-refractivity contribution is 0.201. The van der Waals surface area contributed by atoms with Gasteiger partial charge in [0.2, 0.25) is 0 Å². The van der Waals surface area contributed by atoms with Gasteiger partial charge in [0.1, 0.15) is 5.82 Å². The maximum Gasteiger partial charge on any atom is 0.326 e. The highest BCUT2D eigenvalue weighted by Crippen LogP contribution is 2.23. The molecule has 146 valence electrons. The Labute approximate surface area is 161 Å². The Morgan fingerprint density at radius 1 is 1.22 bits per heavy atom. The number of piperazine rings is 1. The summed E-state index contributed by atoms with van der Waals surface area (Å²) >= 11 is 0. The molecule has 2 aliphatic rings. The molecule has 0 aliphatic carbocycles. The molecule has 8 nitrogen and oxygen atoms in total. The van der Waals surface area contributed by atoms with Crippen LogP contribution in [0.25, 0.3) is 0 Å². The second kappa shape index (κ2) is 10.3. The molecule has 2 amide bonds. The quantitative estimate of drug-likeness (QED) is 0.415. The summed E-state index contributed by atoms with van der Waals surface area (Å²) in [6, 6.07) is 0.314. The minimum Gasteiger partial charge on any atom is -0.468 e. The highest BCUT2D eigenvalue weighted by Gasteiger charge is 2.36. The first-order chi connectivity index (χ1) is 13.2. The molecule has 0 radical (unpaired) electrons. The number of hydrogen-bond donors (Lipinski definition) is 2. The van der Waals surface area contributed by atoms with Crippen LogP contribution >= 0.6 is 0 Å². The number of nitrogens with one attached hydrogen (secondary N) is 2. The number of carbonyl (C=O) groups excluding carboxylic acids is 1. The summed E-state index contributed by atoms with van der Waals surface area (Å²) in [5.74, 6) is 12.5. The van der Waals surface area contributed by atoms with Gasteiger partial charge in [-0.15, -0.1) is 11.8 Å². The summed E-state index contributed by atoms with van der Waals surface area (Å²) in [4.78, 5) is 22.7. The SMILES string of the molecule is CC#CCN1C/C(=C(\NC(=NC)OC)N2CCNCC2)N(CC#CC)C1=O. The number of amides is 2. The van der Waals surface area contributed by atoms with Crippen molar-refractivity contribution < 1.29 is 9.53 Å². The van der Waals surface area contributed by atoms with Crippen molar-refractivity contribution in [2.24, 2.45) is 4.99 Å². The highest BCUT2D eigenvalue weighted by molar-refractivity contribution is 5.82. The van der Waals surface area contributed by atoms with Crippen molar-refractivity contribution in [3.8, 4) is 23.7 Å². The number of amidine groups is 1. The molecule has 2 saturated heterocycles. The van der Waals surface area contributed by atoms with Gasteiger partial charge in [0.25, 0.3) is 6.02 Å². The van der Waals surface area contributed by atoms with Crippen molar-refractivity contribution in [3.05, 3.63) is 11.5 Å².